The minimum Gasteiger partial charge on any atom is -0.295 e. The number of aromatic nitrogens is 2. The molecule has 0 saturated heterocycles. The van der Waals surface area contributed by atoms with Crippen LogP contribution in [0.4, 0.5) is 0 Å². The zero-order valence-electron chi connectivity index (χ0n) is 15.6. The SMILES string of the molecule is BrC1CC=CC2=C1c1ccccc1C21c2ccccc2-n2c1nc1ccccc12. The summed E-state index contributed by atoms with van der Waals surface area (Å²) in [6.45, 7) is 0. The third-order valence-electron chi connectivity index (χ3n) is 6.70. The maximum atomic E-state index is 5.24. The summed E-state index contributed by atoms with van der Waals surface area (Å²) in [5.41, 5.74) is 9.93. The largest absolute Gasteiger partial charge is 0.295 e. The van der Waals surface area contributed by atoms with Crippen LogP contribution in [0.2, 0.25) is 0 Å². The van der Waals surface area contributed by atoms with E-state index >= 15 is 0 Å². The number of nitrogens with zero attached hydrogens (tertiary/aromatic N) is 2. The molecule has 138 valence electrons. The number of allylic oxidation sites excluding steroid dienone is 4. The molecule has 3 aliphatic rings. The van der Waals surface area contributed by atoms with E-state index < -0.39 is 0 Å². The van der Waals surface area contributed by atoms with Gasteiger partial charge in [-0.3, -0.25) is 4.57 Å². The lowest BCUT2D eigenvalue weighted by molar-refractivity contribution is 0.728. The lowest BCUT2D eigenvalue weighted by atomic mass is 9.71. The summed E-state index contributed by atoms with van der Waals surface area (Å²) in [7, 11) is 0. The average Bonchev–Trinajstić information content (AvgIpc) is 3.37. The van der Waals surface area contributed by atoms with E-state index in [0.717, 1.165) is 17.8 Å². The summed E-state index contributed by atoms with van der Waals surface area (Å²) in [6, 6.07) is 26.2. The average molecular weight is 437 g/mol. The van der Waals surface area contributed by atoms with Crippen molar-refractivity contribution in [2.75, 3.05) is 0 Å². The maximum absolute atomic E-state index is 5.24. The lowest BCUT2D eigenvalue weighted by Gasteiger charge is -2.29. The molecule has 1 aromatic heterocycles. The van der Waals surface area contributed by atoms with Gasteiger partial charge in [-0.15, -0.1) is 0 Å². The fourth-order valence-electron chi connectivity index (χ4n) is 5.67. The molecule has 7 rings (SSSR count). The first-order chi connectivity index (χ1) is 14.3. The second-order valence-electron chi connectivity index (χ2n) is 8.01. The van der Waals surface area contributed by atoms with Crippen molar-refractivity contribution in [2.45, 2.75) is 16.7 Å². The van der Waals surface area contributed by atoms with Crippen molar-refractivity contribution in [3.63, 3.8) is 0 Å². The van der Waals surface area contributed by atoms with Gasteiger partial charge in [-0.2, -0.15) is 0 Å². The zero-order chi connectivity index (χ0) is 19.2. The molecule has 29 heavy (non-hydrogen) atoms. The van der Waals surface area contributed by atoms with Crippen molar-refractivity contribution in [1.29, 1.82) is 0 Å². The summed E-state index contributed by atoms with van der Waals surface area (Å²) in [5, 5.41) is 0. The van der Waals surface area contributed by atoms with E-state index in [0.29, 0.717) is 4.83 Å². The second-order valence-corrected chi connectivity index (χ2v) is 9.11. The molecule has 0 bridgehead atoms. The van der Waals surface area contributed by atoms with Crippen LogP contribution in [0.3, 0.4) is 0 Å². The highest BCUT2D eigenvalue weighted by molar-refractivity contribution is 9.09. The molecule has 0 N–H and O–H groups in total. The highest BCUT2D eigenvalue weighted by Crippen LogP contribution is 2.61. The minimum absolute atomic E-state index is 0.327. The molecule has 2 atom stereocenters. The van der Waals surface area contributed by atoms with Crippen LogP contribution in [0, 0.1) is 0 Å². The predicted octanol–water partition coefficient (Wildman–Crippen LogP) is 6.16. The Hall–Kier alpha value is -2.91. The normalized spacial score (nSPS) is 23.4. The molecule has 2 heterocycles. The van der Waals surface area contributed by atoms with E-state index in [1.54, 1.807) is 0 Å². The Morgan fingerprint density at radius 3 is 2.59 bits per heavy atom. The van der Waals surface area contributed by atoms with Crippen LogP contribution in [0.5, 0.6) is 0 Å². The van der Waals surface area contributed by atoms with E-state index in [1.165, 1.54) is 39.0 Å². The Labute approximate surface area is 177 Å². The molecule has 0 saturated carbocycles. The number of halogens is 1. The van der Waals surface area contributed by atoms with Crippen LogP contribution in [-0.2, 0) is 5.41 Å². The molecule has 0 amide bonds. The third kappa shape index (κ3) is 1.72. The summed E-state index contributed by atoms with van der Waals surface area (Å²) < 4.78 is 2.38. The quantitative estimate of drug-likeness (QED) is 0.301. The molecule has 3 aromatic carbocycles. The third-order valence-corrected chi connectivity index (χ3v) is 7.53. The maximum Gasteiger partial charge on any atom is 0.134 e. The number of rotatable bonds is 0. The highest BCUT2D eigenvalue weighted by Gasteiger charge is 2.55. The highest BCUT2D eigenvalue weighted by atomic mass is 79.9. The van der Waals surface area contributed by atoms with Gasteiger partial charge < -0.3 is 0 Å². The van der Waals surface area contributed by atoms with Crippen LogP contribution in [0.15, 0.2) is 90.5 Å². The molecule has 0 fully saturated rings. The number of fused-ring (bicyclic) bond motifs is 11. The van der Waals surface area contributed by atoms with E-state index in [9.17, 15) is 0 Å². The number of para-hydroxylation sites is 3. The van der Waals surface area contributed by atoms with Gasteiger partial charge >= 0.3 is 0 Å². The van der Waals surface area contributed by atoms with Crippen LogP contribution < -0.4 is 0 Å². The first-order valence-corrected chi connectivity index (χ1v) is 11.0. The molecule has 4 aromatic rings. The van der Waals surface area contributed by atoms with E-state index in [1.807, 2.05) is 0 Å². The first kappa shape index (κ1) is 15.9. The molecule has 1 aliphatic heterocycles. The standard InChI is InChI=1S/C26H17BrN2/c27-20-12-7-11-19-24(20)16-8-1-2-9-17(16)26(19)18-10-3-5-14-22(18)29-23-15-6-4-13-21(23)28-25(26)29/h1-11,13-15,20H,12H2. The molecule has 2 aliphatic carbocycles. The van der Waals surface area contributed by atoms with E-state index in [-0.39, 0.29) is 5.41 Å². The van der Waals surface area contributed by atoms with E-state index in [2.05, 4.69) is 105 Å². The Morgan fingerprint density at radius 2 is 1.66 bits per heavy atom. The van der Waals surface area contributed by atoms with E-state index in [4.69, 9.17) is 4.98 Å². The fourth-order valence-corrected chi connectivity index (χ4v) is 6.38. The number of hydrogen-bond donors (Lipinski definition) is 0. The molecular formula is C26H17BrN2. The topological polar surface area (TPSA) is 17.8 Å². The summed E-state index contributed by atoms with van der Waals surface area (Å²) in [4.78, 5) is 5.57. The predicted molar refractivity (Wildman–Crippen MR) is 121 cm³/mol. The first-order valence-electron chi connectivity index (χ1n) is 10.0. The summed E-state index contributed by atoms with van der Waals surface area (Å²) >= 11 is 3.97. The number of hydrogen-bond acceptors (Lipinski definition) is 1. The van der Waals surface area contributed by atoms with Crippen LogP contribution in [0.1, 0.15) is 28.9 Å². The van der Waals surface area contributed by atoms with Gasteiger partial charge in [0.05, 0.1) is 16.7 Å². The van der Waals surface area contributed by atoms with Crippen LogP contribution in [0.25, 0.3) is 22.3 Å². The van der Waals surface area contributed by atoms with Gasteiger partial charge in [0.15, 0.2) is 0 Å². The Kier molecular flexibility index (Phi) is 2.95. The second kappa shape index (κ2) is 5.37. The zero-order valence-corrected chi connectivity index (χ0v) is 17.2. The Morgan fingerprint density at radius 1 is 0.897 bits per heavy atom. The van der Waals surface area contributed by atoms with Gasteiger partial charge in [-0.05, 0) is 52.5 Å². The molecule has 0 radical (unpaired) electrons. The monoisotopic (exact) mass is 436 g/mol. The van der Waals surface area contributed by atoms with Gasteiger partial charge in [0, 0.05) is 4.83 Å². The molecule has 2 nitrogen and oxygen atoms in total. The van der Waals surface area contributed by atoms with Gasteiger partial charge in [-0.1, -0.05) is 82.7 Å². The van der Waals surface area contributed by atoms with Crippen LogP contribution in [-0.4, -0.2) is 14.4 Å². The fraction of sp³-hybridized carbons (Fsp3) is 0.115. The van der Waals surface area contributed by atoms with Crippen molar-refractivity contribution in [3.8, 4) is 5.69 Å². The lowest BCUT2D eigenvalue weighted by Crippen LogP contribution is -2.28. The van der Waals surface area contributed by atoms with Gasteiger partial charge in [0.25, 0.3) is 0 Å². The molecule has 3 heteroatoms. The van der Waals surface area contributed by atoms with Crippen molar-refractivity contribution in [1.82, 2.24) is 9.55 Å². The number of alkyl halides is 1. The van der Waals surface area contributed by atoms with Crippen molar-refractivity contribution in [2.24, 2.45) is 0 Å². The van der Waals surface area contributed by atoms with Crippen molar-refractivity contribution >= 4 is 32.5 Å². The molecule has 2 unspecified atom stereocenters. The van der Waals surface area contributed by atoms with Gasteiger partial charge in [0.2, 0.25) is 0 Å². The van der Waals surface area contributed by atoms with Gasteiger partial charge in [0.1, 0.15) is 11.2 Å². The Bertz CT molecular complexity index is 1410. The summed E-state index contributed by atoms with van der Waals surface area (Å²) in [5.74, 6) is 1.11. The Balaban J connectivity index is 1.73. The smallest absolute Gasteiger partial charge is 0.134 e. The number of imidazole rings is 1. The molecule has 1 spiro atoms. The van der Waals surface area contributed by atoms with Gasteiger partial charge in [-0.25, -0.2) is 4.98 Å². The summed E-state index contributed by atoms with van der Waals surface area (Å²) in [6.07, 6.45) is 5.67. The van der Waals surface area contributed by atoms with Crippen LogP contribution >= 0.6 is 15.9 Å². The van der Waals surface area contributed by atoms with Crippen molar-refractivity contribution < 1.29 is 0 Å². The van der Waals surface area contributed by atoms with Crippen molar-refractivity contribution in [3.05, 3.63) is 113 Å². The minimum atomic E-state index is -0.357. The molecular weight excluding hydrogens is 420 g/mol. The number of benzene rings is 3.